The van der Waals surface area contributed by atoms with Crippen LogP contribution in [0.1, 0.15) is 26.2 Å². The van der Waals surface area contributed by atoms with Crippen molar-refractivity contribution < 1.29 is 5.11 Å². The number of hydrogen-bond acceptors (Lipinski definition) is 3. The molecule has 0 spiro atoms. The van der Waals surface area contributed by atoms with Gasteiger partial charge in [0.2, 0.25) is 0 Å². The molecular weight excluding hydrogens is 214 g/mol. The van der Waals surface area contributed by atoms with Crippen LogP contribution in [-0.4, -0.2) is 20.6 Å². The summed E-state index contributed by atoms with van der Waals surface area (Å²) in [5, 5.41) is 22.4. The summed E-state index contributed by atoms with van der Waals surface area (Å²) in [5.41, 5.74) is 1.69. The predicted octanol–water partition coefficient (Wildman–Crippen LogP) is 2.95. The highest BCUT2D eigenvalue weighted by Crippen LogP contribution is 2.23. The van der Waals surface area contributed by atoms with E-state index in [4.69, 9.17) is 5.41 Å². The quantitative estimate of drug-likeness (QED) is 0.777. The second-order valence-electron chi connectivity index (χ2n) is 4.18. The van der Waals surface area contributed by atoms with Crippen molar-refractivity contribution in [3.63, 3.8) is 0 Å². The highest BCUT2D eigenvalue weighted by Gasteiger charge is 2.06. The van der Waals surface area contributed by atoms with E-state index in [2.05, 4.69) is 12.0 Å². The Labute approximate surface area is 100 Å². The number of phenolic OH excluding ortho intramolecular Hbond substituents is 1. The maximum absolute atomic E-state index is 9.65. The maximum atomic E-state index is 9.65. The van der Waals surface area contributed by atoms with Crippen LogP contribution in [0, 0.1) is 5.41 Å². The molecule has 2 aromatic rings. The summed E-state index contributed by atoms with van der Waals surface area (Å²) in [6.45, 7) is 2.78. The molecule has 0 saturated carbocycles. The van der Waals surface area contributed by atoms with Gasteiger partial charge in [0.05, 0.1) is 17.1 Å². The maximum Gasteiger partial charge on any atom is 0.126 e. The number of benzene rings is 1. The normalized spacial score (nSPS) is 10.9. The Morgan fingerprint density at radius 2 is 2.24 bits per heavy atom. The summed E-state index contributed by atoms with van der Waals surface area (Å²) in [6, 6.07) is 5.41. The molecule has 17 heavy (non-hydrogen) atoms. The van der Waals surface area contributed by atoms with Gasteiger partial charge in [-0.3, -0.25) is 4.68 Å². The molecule has 4 nitrogen and oxygen atoms in total. The summed E-state index contributed by atoms with van der Waals surface area (Å²) in [6.07, 6.45) is 4.26. The standard InChI is InChI=1S/C13H17N3O/c1-2-4-10(14)7-8-16-12-5-3-6-13(17)11(12)9-15-16/h3,5-6,9,14,17H,2,4,7-8H2,1H3. The molecule has 0 radical (unpaired) electrons. The number of nitrogens with one attached hydrogen (secondary N) is 1. The third-order valence-electron chi connectivity index (χ3n) is 2.84. The van der Waals surface area contributed by atoms with Gasteiger partial charge in [-0.2, -0.15) is 5.10 Å². The number of aryl methyl sites for hydroxylation is 1. The first-order valence-electron chi connectivity index (χ1n) is 5.92. The van der Waals surface area contributed by atoms with Crippen LogP contribution in [0.25, 0.3) is 10.9 Å². The van der Waals surface area contributed by atoms with Gasteiger partial charge in [0.15, 0.2) is 0 Å². The highest BCUT2D eigenvalue weighted by atomic mass is 16.3. The molecular formula is C13H17N3O. The molecule has 2 N–H and O–H groups in total. The lowest BCUT2D eigenvalue weighted by molar-refractivity contribution is 0.481. The monoisotopic (exact) mass is 231 g/mol. The van der Waals surface area contributed by atoms with E-state index in [1.165, 1.54) is 0 Å². The molecule has 0 amide bonds. The Balaban J connectivity index is 2.14. The van der Waals surface area contributed by atoms with E-state index in [-0.39, 0.29) is 5.75 Å². The van der Waals surface area contributed by atoms with Crippen LogP contribution in [0.3, 0.4) is 0 Å². The van der Waals surface area contributed by atoms with Crippen LogP contribution in [0.5, 0.6) is 5.75 Å². The summed E-state index contributed by atoms with van der Waals surface area (Å²) in [4.78, 5) is 0. The number of fused-ring (bicyclic) bond motifs is 1. The van der Waals surface area contributed by atoms with Crippen molar-refractivity contribution in [1.29, 1.82) is 5.41 Å². The smallest absolute Gasteiger partial charge is 0.126 e. The van der Waals surface area contributed by atoms with Gasteiger partial charge in [0.25, 0.3) is 0 Å². The van der Waals surface area contributed by atoms with Crippen LogP contribution < -0.4 is 0 Å². The first-order valence-corrected chi connectivity index (χ1v) is 5.92. The lowest BCUT2D eigenvalue weighted by Gasteiger charge is -2.04. The van der Waals surface area contributed by atoms with Crippen molar-refractivity contribution in [3.05, 3.63) is 24.4 Å². The summed E-state index contributed by atoms with van der Waals surface area (Å²) >= 11 is 0. The lowest BCUT2D eigenvalue weighted by atomic mass is 10.1. The minimum atomic E-state index is 0.261. The number of aromatic nitrogens is 2. The minimum absolute atomic E-state index is 0.261. The van der Waals surface area contributed by atoms with Crippen LogP contribution in [0.2, 0.25) is 0 Å². The van der Waals surface area contributed by atoms with Crippen LogP contribution >= 0.6 is 0 Å². The molecule has 1 aromatic carbocycles. The fourth-order valence-electron chi connectivity index (χ4n) is 1.93. The van der Waals surface area contributed by atoms with Crippen LogP contribution in [0.15, 0.2) is 24.4 Å². The number of nitrogens with zero attached hydrogens (tertiary/aromatic N) is 2. The van der Waals surface area contributed by atoms with Gasteiger partial charge in [-0.05, 0) is 18.6 Å². The second kappa shape index (κ2) is 4.99. The Morgan fingerprint density at radius 1 is 1.41 bits per heavy atom. The van der Waals surface area contributed by atoms with Gasteiger partial charge in [-0.15, -0.1) is 0 Å². The van der Waals surface area contributed by atoms with E-state index in [1.807, 2.05) is 16.8 Å². The molecule has 0 aliphatic heterocycles. The van der Waals surface area contributed by atoms with Gasteiger partial charge in [0, 0.05) is 18.7 Å². The largest absolute Gasteiger partial charge is 0.507 e. The van der Waals surface area contributed by atoms with E-state index >= 15 is 0 Å². The molecule has 0 saturated heterocycles. The van der Waals surface area contributed by atoms with Crippen molar-refractivity contribution in [2.45, 2.75) is 32.7 Å². The van der Waals surface area contributed by atoms with E-state index in [1.54, 1.807) is 12.3 Å². The topological polar surface area (TPSA) is 61.9 Å². The third-order valence-corrected chi connectivity index (χ3v) is 2.84. The Bertz CT molecular complexity index is 530. The average Bonchev–Trinajstić information content (AvgIpc) is 2.72. The van der Waals surface area contributed by atoms with Gasteiger partial charge in [0.1, 0.15) is 5.75 Å². The summed E-state index contributed by atoms with van der Waals surface area (Å²) in [5.74, 6) is 0.261. The minimum Gasteiger partial charge on any atom is -0.507 e. The van der Waals surface area contributed by atoms with Crippen molar-refractivity contribution in [2.75, 3.05) is 0 Å². The van der Waals surface area contributed by atoms with E-state index in [9.17, 15) is 5.11 Å². The van der Waals surface area contributed by atoms with Crippen molar-refractivity contribution in [1.82, 2.24) is 9.78 Å². The summed E-state index contributed by atoms with van der Waals surface area (Å²) < 4.78 is 1.85. The average molecular weight is 231 g/mol. The van der Waals surface area contributed by atoms with Crippen molar-refractivity contribution >= 4 is 16.6 Å². The first-order chi connectivity index (χ1) is 8.22. The van der Waals surface area contributed by atoms with Gasteiger partial charge < -0.3 is 10.5 Å². The molecule has 4 heteroatoms. The molecule has 90 valence electrons. The third kappa shape index (κ3) is 2.46. The molecule has 0 aliphatic rings. The zero-order chi connectivity index (χ0) is 12.3. The molecule has 0 fully saturated rings. The SMILES string of the molecule is CCCC(=N)CCn1ncc2c(O)cccc21. The number of hydrogen-bond donors (Lipinski definition) is 2. The van der Waals surface area contributed by atoms with Gasteiger partial charge in [-0.25, -0.2) is 0 Å². The molecule has 0 bridgehead atoms. The predicted molar refractivity (Wildman–Crippen MR) is 68.6 cm³/mol. The van der Waals surface area contributed by atoms with Gasteiger partial charge in [-0.1, -0.05) is 19.4 Å². The molecule has 1 heterocycles. The molecule has 1 aromatic heterocycles. The highest BCUT2D eigenvalue weighted by molar-refractivity contribution is 5.85. The fourth-order valence-corrected chi connectivity index (χ4v) is 1.93. The van der Waals surface area contributed by atoms with Crippen molar-refractivity contribution in [3.8, 4) is 5.75 Å². The fraction of sp³-hybridized carbons (Fsp3) is 0.385. The van der Waals surface area contributed by atoms with Gasteiger partial charge >= 0.3 is 0 Å². The zero-order valence-electron chi connectivity index (χ0n) is 9.98. The van der Waals surface area contributed by atoms with E-state index < -0.39 is 0 Å². The number of aromatic hydroxyl groups is 1. The van der Waals surface area contributed by atoms with Crippen LogP contribution in [0.4, 0.5) is 0 Å². The number of phenols is 1. The molecule has 0 atom stereocenters. The lowest BCUT2D eigenvalue weighted by Crippen LogP contribution is -2.05. The molecule has 2 rings (SSSR count). The zero-order valence-corrected chi connectivity index (χ0v) is 9.98. The summed E-state index contributed by atoms with van der Waals surface area (Å²) in [7, 11) is 0. The Morgan fingerprint density at radius 3 is 3.00 bits per heavy atom. The Kier molecular flexibility index (Phi) is 3.42. The first kappa shape index (κ1) is 11.6. The van der Waals surface area contributed by atoms with Crippen LogP contribution in [-0.2, 0) is 6.54 Å². The van der Waals surface area contributed by atoms with E-state index in [0.29, 0.717) is 6.54 Å². The molecule has 0 unspecified atom stereocenters. The van der Waals surface area contributed by atoms with Crippen molar-refractivity contribution in [2.24, 2.45) is 0 Å². The Hall–Kier alpha value is -1.84. The van der Waals surface area contributed by atoms with E-state index in [0.717, 1.165) is 35.9 Å². The number of rotatable bonds is 5. The molecule has 0 aliphatic carbocycles. The second-order valence-corrected chi connectivity index (χ2v) is 4.18.